The van der Waals surface area contributed by atoms with Gasteiger partial charge in [-0.2, -0.15) is 0 Å². The average molecular weight is 173 g/mol. The van der Waals surface area contributed by atoms with Crippen LogP contribution in [0.25, 0.3) is 0 Å². The summed E-state index contributed by atoms with van der Waals surface area (Å²) in [6.45, 7) is 1.86. The molecule has 0 aromatic rings. The van der Waals surface area contributed by atoms with Gasteiger partial charge in [-0.1, -0.05) is 6.92 Å². The molecule has 0 radical (unpaired) electrons. The van der Waals surface area contributed by atoms with Gasteiger partial charge in [0, 0.05) is 6.42 Å². The van der Waals surface area contributed by atoms with Gasteiger partial charge in [0.1, 0.15) is 0 Å². The topological polar surface area (TPSA) is 34.1 Å². The fourth-order valence-corrected chi connectivity index (χ4v) is 0.305. The second-order valence-electron chi connectivity index (χ2n) is 1.33. The summed E-state index contributed by atoms with van der Waals surface area (Å²) in [6, 6.07) is 0. The van der Waals surface area contributed by atoms with Crippen molar-refractivity contribution in [1.82, 2.24) is 0 Å². The number of ketones is 1. The van der Waals surface area contributed by atoms with Gasteiger partial charge in [0.25, 0.3) is 0 Å². The van der Waals surface area contributed by atoms with Crippen LogP contribution >= 0.6 is 0 Å². The van der Waals surface area contributed by atoms with E-state index in [0.717, 1.165) is 6.42 Å². The van der Waals surface area contributed by atoms with Crippen LogP contribution in [0.2, 0.25) is 0 Å². The Morgan fingerprint density at radius 2 is 2.12 bits per heavy atom. The van der Waals surface area contributed by atoms with Crippen molar-refractivity contribution in [3.63, 3.8) is 0 Å². The molecule has 0 aromatic heterocycles. The van der Waals surface area contributed by atoms with E-state index < -0.39 is 0 Å². The molecule has 0 saturated carbocycles. The monoisotopic (exact) mass is 172 g/mol. The number of Topliss-reactive ketones (excluding diaryl/α,β-unsaturated/α-hetero) is 1. The summed E-state index contributed by atoms with van der Waals surface area (Å²) < 4.78 is 0. The van der Waals surface area contributed by atoms with Gasteiger partial charge in [-0.3, -0.25) is 9.59 Å². The summed E-state index contributed by atoms with van der Waals surface area (Å²) >= 11 is 0. The first-order valence-electron chi connectivity index (χ1n) is 2.29. The van der Waals surface area contributed by atoms with Gasteiger partial charge in [0.05, 0.1) is 0 Å². The Labute approximate surface area is 61.7 Å². The van der Waals surface area contributed by atoms with E-state index in [2.05, 4.69) is 0 Å². The van der Waals surface area contributed by atoms with Crippen LogP contribution in [0.1, 0.15) is 19.8 Å². The van der Waals surface area contributed by atoms with Crippen LogP contribution in [0, 0.1) is 0 Å². The van der Waals surface area contributed by atoms with Crippen molar-refractivity contribution < 1.29 is 9.59 Å². The molecule has 46 valence electrons. The maximum absolute atomic E-state index is 10.0. The van der Waals surface area contributed by atoms with Gasteiger partial charge < -0.3 is 0 Å². The predicted octanol–water partition coefficient (Wildman–Crippen LogP) is -0.629. The summed E-state index contributed by atoms with van der Waals surface area (Å²) in [4.78, 5) is 19.6. The fraction of sp³-hybridized carbons (Fsp3) is 0.600. The predicted molar refractivity (Wildman–Crippen MR) is 35.9 cm³/mol. The molecule has 0 unspecified atom stereocenters. The SMILES string of the molecule is CCCC(=O)C=O.[GaH3]. The Balaban J connectivity index is 0. The van der Waals surface area contributed by atoms with Crippen LogP contribution in [-0.2, 0) is 9.59 Å². The number of hydrogen-bond acceptors (Lipinski definition) is 2. The third kappa shape index (κ3) is 5.98. The first-order valence-corrected chi connectivity index (χ1v) is 2.29. The Hall–Kier alpha value is -0.0236. The van der Waals surface area contributed by atoms with E-state index in [4.69, 9.17) is 0 Å². The Morgan fingerprint density at radius 1 is 1.62 bits per heavy atom. The van der Waals surface area contributed by atoms with Crippen molar-refractivity contribution in [2.24, 2.45) is 0 Å². The molecule has 0 heterocycles. The van der Waals surface area contributed by atoms with Gasteiger partial charge in [0.2, 0.25) is 0 Å². The minimum absolute atomic E-state index is 0. The minimum atomic E-state index is -0.303. The first-order chi connectivity index (χ1) is 3.31. The third-order valence-electron chi connectivity index (χ3n) is 0.628. The van der Waals surface area contributed by atoms with E-state index in [1.807, 2.05) is 6.92 Å². The Morgan fingerprint density at radius 3 is 2.25 bits per heavy atom. The molecule has 2 nitrogen and oxygen atoms in total. The van der Waals surface area contributed by atoms with E-state index in [0.29, 0.717) is 12.7 Å². The van der Waals surface area contributed by atoms with Crippen LogP contribution in [0.15, 0.2) is 0 Å². The summed E-state index contributed by atoms with van der Waals surface area (Å²) in [7, 11) is 0. The number of carbonyl (C=O) groups is 2. The van der Waals surface area contributed by atoms with Crippen molar-refractivity contribution in [1.29, 1.82) is 0 Å². The van der Waals surface area contributed by atoms with Gasteiger partial charge >= 0.3 is 19.8 Å². The van der Waals surface area contributed by atoms with E-state index in [-0.39, 0.29) is 25.6 Å². The standard InChI is InChI=1S/C5H8O2.Ga.3H/c1-2-3-5(7)4-6;;;;/h4H,2-3H2,1H3;;;;. The van der Waals surface area contributed by atoms with Gasteiger partial charge in [-0.25, -0.2) is 0 Å². The van der Waals surface area contributed by atoms with Crippen LogP contribution in [0.4, 0.5) is 0 Å². The molecule has 0 aliphatic heterocycles. The molecule has 0 aliphatic carbocycles. The second-order valence-corrected chi connectivity index (χ2v) is 1.33. The zero-order valence-corrected chi connectivity index (χ0v) is 4.31. The molecule has 0 aromatic carbocycles. The number of carbonyl (C=O) groups excluding carboxylic acids is 2. The van der Waals surface area contributed by atoms with E-state index in [9.17, 15) is 9.59 Å². The van der Waals surface area contributed by atoms with Crippen LogP contribution in [0.3, 0.4) is 0 Å². The molecule has 3 heteroatoms. The average Bonchev–Trinajstić information content (AvgIpc) is 1.68. The summed E-state index contributed by atoms with van der Waals surface area (Å²) in [6.07, 6.45) is 1.52. The first kappa shape index (κ1) is 10.9. The van der Waals surface area contributed by atoms with Gasteiger partial charge in [-0.15, -0.1) is 0 Å². The van der Waals surface area contributed by atoms with Crippen molar-refractivity contribution in [3.8, 4) is 0 Å². The van der Waals surface area contributed by atoms with Crippen molar-refractivity contribution in [3.05, 3.63) is 0 Å². The third-order valence-corrected chi connectivity index (χ3v) is 0.628. The van der Waals surface area contributed by atoms with Crippen LogP contribution in [-0.4, -0.2) is 31.9 Å². The van der Waals surface area contributed by atoms with E-state index in [1.54, 1.807) is 0 Å². The second kappa shape index (κ2) is 6.98. The summed E-state index contributed by atoms with van der Waals surface area (Å²) in [5.74, 6) is -0.303. The van der Waals surface area contributed by atoms with Crippen molar-refractivity contribution in [2.75, 3.05) is 0 Å². The number of aldehydes is 1. The zero-order chi connectivity index (χ0) is 5.70. The summed E-state index contributed by atoms with van der Waals surface area (Å²) in [5.41, 5.74) is 0. The molecular weight excluding hydrogens is 162 g/mol. The quantitative estimate of drug-likeness (QED) is 0.323. The fourth-order valence-electron chi connectivity index (χ4n) is 0.305. The Kier molecular flexibility index (Phi) is 9.48. The molecule has 0 N–H and O–H groups in total. The molecule has 0 aliphatic rings. The maximum atomic E-state index is 10.0. The molecule has 8 heavy (non-hydrogen) atoms. The van der Waals surface area contributed by atoms with Crippen molar-refractivity contribution >= 4 is 31.9 Å². The Bertz CT molecular complexity index is 80.5. The molecule has 0 spiro atoms. The molecular formula is C5H11GaO2. The van der Waals surface area contributed by atoms with Crippen molar-refractivity contribution in [2.45, 2.75) is 19.8 Å². The summed E-state index contributed by atoms with van der Waals surface area (Å²) in [5, 5.41) is 0. The molecule has 0 bridgehead atoms. The van der Waals surface area contributed by atoms with Crippen LogP contribution < -0.4 is 0 Å². The van der Waals surface area contributed by atoms with E-state index in [1.165, 1.54) is 0 Å². The molecule has 0 rings (SSSR count). The molecule has 0 fully saturated rings. The number of rotatable bonds is 3. The molecule has 0 saturated heterocycles. The van der Waals surface area contributed by atoms with E-state index >= 15 is 0 Å². The molecule has 0 amide bonds. The molecule has 0 atom stereocenters. The van der Waals surface area contributed by atoms with Crippen LogP contribution in [0.5, 0.6) is 0 Å². The van der Waals surface area contributed by atoms with Gasteiger partial charge in [-0.05, 0) is 6.42 Å². The van der Waals surface area contributed by atoms with Gasteiger partial charge in [0.15, 0.2) is 12.1 Å². The normalized spacial score (nSPS) is 7.12. The number of hydrogen-bond donors (Lipinski definition) is 0. The zero-order valence-electron chi connectivity index (χ0n) is 4.31.